The standard InChI is InChI=1S/C16H14ClNO5S3/c1-9-12-8-11(17)6-7-14(12)24-16(9)25(19,20)18-13-4-3-5-15(10(13)2)26(21,22)23/h3-8,18H,1-2H3,(H,21,22,23). The summed E-state index contributed by atoms with van der Waals surface area (Å²) in [5, 5.41) is 1.25. The SMILES string of the molecule is Cc1c(NS(=O)(=O)c2sc3ccc(Cl)cc3c2C)cccc1S(=O)(=O)O. The summed E-state index contributed by atoms with van der Waals surface area (Å²) >= 11 is 7.08. The minimum Gasteiger partial charge on any atom is -0.282 e. The molecule has 138 valence electrons. The fraction of sp³-hybridized carbons (Fsp3) is 0.125. The van der Waals surface area contributed by atoms with Gasteiger partial charge >= 0.3 is 0 Å². The second-order valence-corrected chi connectivity index (χ2v) is 10.4. The number of thiophene rings is 1. The van der Waals surface area contributed by atoms with Crippen molar-refractivity contribution in [3.05, 3.63) is 52.5 Å². The van der Waals surface area contributed by atoms with Crippen molar-refractivity contribution in [2.45, 2.75) is 23.0 Å². The third-order valence-corrected chi connectivity index (χ3v) is 8.40. The van der Waals surface area contributed by atoms with Crippen LogP contribution in [-0.2, 0) is 20.1 Å². The highest BCUT2D eigenvalue weighted by Gasteiger charge is 2.24. The van der Waals surface area contributed by atoms with E-state index in [0.717, 1.165) is 21.4 Å². The van der Waals surface area contributed by atoms with Crippen molar-refractivity contribution in [1.82, 2.24) is 0 Å². The van der Waals surface area contributed by atoms with Crippen LogP contribution in [0.4, 0.5) is 5.69 Å². The Morgan fingerprint density at radius 3 is 2.38 bits per heavy atom. The zero-order valence-corrected chi connectivity index (χ0v) is 16.9. The number of benzene rings is 2. The van der Waals surface area contributed by atoms with Gasteiger partial charge in [-0.15, -0.1) is 11.3 Å². The monoisotopic (exact) mass is 431 g/mol. The van der Waals surface area contributed by atoms with Crippen molar-refractivity contribution in [2.75, 3.05) is 4.72 Å². The van der Waals surface area contributed by atoms with E-state index in [9.17, 15) is 21.4 Å². The number of hydrogen-bond donors (Lipinski definition) is 2. The third kappa shape index (κ3) is 3.45. The predicted octanol–water partition coefficient (Wildman–Crippen LogP) is 4.22. The fourth-order valence-corrected chi connectivity index (χ4v) is 6.41. The summed E-state index contributed by atoms with van der Waals surface area (Å²) in [6, 6.07) is 9.12. The number of hydrogen-bond acceptors (Lipinski definition) is 5. The number of fused-ring (bicyclic) bond motifs is 1. The van der Waals surface area contributed by atoms with Crippen molar-refractivity contribution in [1.29, 1.82) is 0 Å². The lowest BCUT2D eigenvalue weighted by Crippen LogP contribution is -2.14. The maximum atomic E-state index is 12.8. The average Bonchev–Trinajstić information content (AvgIpc) is 2.86. The molecule has 0 spiro atoms. The first-order valence-electron chi connectivity index (χ1n) is 7.29. The van der Waals surface area contributed by atoms with Crippen molar-refractivity contribution in [3.8, 4) is 0 Å². The molecule has 3 rings (SSSR count). The van der Waals surface area contributed by atoms with Gasteiger partial charge in [0.1, 0.15) is 4.21 Å². The first kappa shape index (κ1) is 19.1. The molecule has 1 heterocycles. The van der Waals surface area contributed by atoms with Crippen molar-refractivity contribution >= 4 is 58.9 Å². The lowest BCUT2D eigenvalue weighted by molar-refractivity contribution is 0.482. The molecule has 2 N–H and O–H groups in total. The number of sulfonamides is 1. The predicted molar refractivity (Wildman–Crippen MR) is 103 cm³/mol. The Morgan fingerprint density at radius 1 is 1.04 bits per heavy atom. The molecular weight excluding hydrogens is 418 g/mol. The molecule has 2 aromatic carbocycles. The lowest BCUT2D eigenvalue weighted by atomic mass is 10.2. The zero-order chi connectivity index (χ0) is 19.3. The molecular formula is C16H14ClNO5S3. The highest BCUT2D eigenvalue weighted by molar-refractivity contribution is 7.95. The molecule has 0 aliphatic rings. The summed E-state index contributed by atoms with van der Waals surface area (Å²) < 4.78 is 61.1. The van der Waals surface area contributed by atoms with Gasteiger partial charge in [0.05, 0.1) is 10.6 Å². The second-order valence-electron chi connectivity index (χ2n) is 5.66. The van der Waals surface area contributed by atoms with Gasteiger partial charge in [0.15, 0.2) is 0 Å². The Kier molecular flexibility index (Phi) is 4.78. The topological polar surface area (TPSA) is 101 Å². The second kappa shape index (κ2) is 6.50. The van der Waals surface area contributed by atoms with Crippen LogP contribution >= 0.6 is 22.9 Å². The summed E-state index contributed by atoms with van der Waals surface area (Å²) in [5.74, 6) is 0. The van der Waals surface area contributed by atoms with Gasteiger partial charge in [-0.05, 0) is 60.7 Å². The minimum absolute atomic E-state index is 0.0787. The van der Waals surface area contributed by atoms with E-state index in [1.807, 2.05) is 0 Å². The molecule has 0 radical (unpaired) electrons. The van der Waals surface area contributed by atoms with Gasteiger partial charge in [0, 0.05) is 9.72 Å². The first-order chi connectivity index (χ1) is 12.0. The summed E-state index contributed by atoms with van der Waals surface area (Å²) in [5.41, 5.74) is 0.749. The molecule has 0 unspecified atom stereocenters. The minimum atomic E-state index is -4.46. The molecule has 0 atom stereocenters. The van der Waals surface area contributed by atoms with Crippen LogP contribution in [0.2, 0.25) is 5.02 Å². The highest BCUT2D eigenvalue weighted by atomic mass is 35.5. The van der Waals surface area contributed by atoms with Gasteiger partial charge in [-0.2, -0.15) is 8.42 Å². The van der Waals surface area contributed by atoms with Gasteiger partial charge in [-0.25, -0.2) is 8.42 Å². The van der Waals surface area contributed by atoms with Gasteiger partial charge < -0.3 is 0 Å². The van der Waals surface area contributed by atoms with E-state index in [4.69, 9.17) is 11.6 Å². The van der Waals surface area contributed by atoms with Crippen LogP contribution in [0.3, 0.4) is 0 Å². The van der Waals surface area contributed by atoms with Crippen LogP contribution in [0.15, 0.2) is 45.5 Å². The van der Waals surface area contributed by atoms with E-state index in [-0.39, 0.29) is 20.4 Å². The van der Waals surface area contributed by atoms with Crippen LogP contribution in [0.25, 0.3) is 10.1 Å². The average molecular weight is 432 g/mol. The largest absolute Gasteiger partial charge is 0.294 e. The fourth-order valence-electron chi connectivity index (χ4n) is 2.62. The van der Waals surface area contributed by atoms with Gasteiger partial charge in [-0.3, -0.25) is 9.27 Å². The smallest absolute Gasteiger partial charge is 0.282 e. The Bertz CT molecular complexity index is 1230. The molecule has 0 saturated carbocycles. The number of nitrogens with one attached hydrogen (secondary N) is 1. The van der Waals surface area contributed by atoms with Crippen LogP contribution < -0.4 is 4.72 Å². The van der Waals surface area contributed by atoms with Crippen molar-refractivity contribution < 1.29 is 21.4 Å². The van der Waals surface area contributed by atoms with E-state index in [1.54, 1.807) is 25.1 Å². The van der Waals surface area contributed by atoms with Crippen LogP contribution in [0.5, 0.6) is 0 Å². The van der Waals surface area contributed by atoms with Gasteiger partial charge in [0.25, 0.3) is 20.1 Å². The molecule has 0 bridgehead atoms. The van der Waals surface area contributed by atoms with Crippen molar-refractivity contribution in [2.24, 2.45) is 0 Å². The maximum Gasteiger partial charge on any atom is 0.294 e. The Labute approximate surface area is 160 Å². The molecule has 6 nitrogen and oxygen atoms in total. The van der Waals surface area contributed by atoms with Crippen LogP contribution in [0.1, 0.15) is 11.1 Å². The number of anilines is 1. The molecule has 10 heteroatoms. The molecule has 0 amide bonds. The molecule has 1 aromatic heterocycles. The summed E-state index contributed by atoms with van der Waals surface area (Å²) in [6.07, 6.45) is 0. The summed E-state index contributed by atoms with van der Waals surface area (Å²) in [7, 11) is -8.41. The molecule has 0 saturated heterocycles. The van der Waals surface area contributed by atoms with E-state index < -0.39 is 20.1 Å². The van der Waals surface area contributed by atoms with Crippen LogP contribution in [-0.4, -0.2) is 21.4 Å². The quantitative estimate of drug-likeness (QED) is 0.602. The van der Waals surface area contributed by atoms with Crippen LogP contribution in [0, 0.1) is 13.8 Å². The normalized spacial score (nSPS) is 12.5. The lowest BCUT2D eigenvalue weighted by Gasteiger charge is -2.12. The molecule has 0 aliphatic heterocycles. The van der Waals surface area contributed by atoms with E-state index in [1.165, 1.54) is 25.1 Å². The van der Waals surface area contributed by atoms with Gasteiger partial charge in [0.2, 0.25) is 0 Å². The summed E-state index contributed by atoms with van der Waals surface area (Å²) in [4.78, 5) is -0.349. The van der Waals surface area contributed by atoms with E-state index in [0.29, 0.717) is 10.6 Å². The zero-order valence-electron chi connectivity index (χ0n) is 13.6. The highest BCUT2D eigenvalue weighted by Crippen LogP contribution is 2.36. The third-order valence-electron chi connectivity index (χ3n) is 3.90. The number of aryl methyl sites for hydroxylation is 1. The maximum absolute atomic E-state index is 12.8. The van der Waals surface area contributed by atoms with E-state index in [2.05, 4.69) is 4.72 Å². The van der Waals surface area contributed by atoms with Crippen molar-refractivity contribution in [3.63, 3.8) is 0 Å². The molecule has 3 aromatic rings. The van der Waals surface area contributed by atoms with E-state index >= 15 is 0 Å². The Hall–Kier alpha value is -1.65. The molecule has 26 heavy (non-hydrogen) atoms. The number of rotatable bonds is 4. The summed E-state index contributed by atoms with van der Waals surface area (Å²) in [6.45, 7) is 3.10. The first-order valence-corrected chi connectivity index (χ1v) is 11.4. The Morgan fingerprint density at radius 2 is 1.73 bits per heavy atom. The number of halogens is 1. The molecule has 0 aliphatic carbocycles. The Balaban J connectivity index is 2.10. The van der Waals surface area contributed by atoms with Gasteiger partial charge in [-0.1, -0.05) is 17.7 Å². The molecule has 0 fully saturated rings.